The van der Waals surface area contributed by atoms with E-state index in [1.807, 2.05) is 25.1 Å². The zero-order valence-electron chi connectivity index (χ0n) is 12.1. The van der Waals surface area contributed by atoms with Gasteiger partial charge in [0, 0.05) is 12.1 Å². The van der Waals surface area contributed by atoms with Crippen molar-refractivity contribution < 1.29 is 13.2 Å². The zero-order chi connectivity index (χ0) is 14.5. The van der Waals surface area contributed by atoms with Crippen LogP contribution in [0, 0.1) is 0 Å². The van der Waals surface area contributed by atoms with Crippen molar-refractivity contribution in [3.63, 3.8) is 0 Å². The van der Waals surface area contributed by atoms with Gasteiger partial charge in [0.1, 0.15) is 5.75 Å². The topological polar surface area (TPSA) is 55.4 Å². The van der Waals surface area contributed by atoms with Crippen LogP contribution in [0.25, 0.3) is 0 Å². The molecule has 5 heteroatoms. The number of benzene rings is 1. The van der Waals surface area contributed by atoms with Crippen LogP contribution in [0.4, 0.5) is 0 Å². The first-order chi connectivity index (χ1) is 8.89. The molecule has 0 aliphatic carbocycles. The van der Waals surface area contributed by atoms with Gasteiger partial charge < -0.3 is 4.74 Å². The molecule has 0 radical (unpaired) electrons. The molecule has 0 aliphatic heterocycles. The van der Waals surface area contributed by atoms with Gasteiger partial charge in [-0.05, 0) is 24.0 Å². The maximum atomic E-state index is 11.7. The van der Waals surface area contributed by atoms with Crippen molar-refractivity contribution in [1.29, 1.82) is 0 Å². The fourth-order valence-corrected chi connectivity index (χ4v) is 2.88. The van der Waals surface area contributed by atoms with Crippen LogP contribution in [0.1, 0.15) is 44.2 Å². The molecule has 0 atom stereocenters. The first-order valence-corrected chi connectivity index (χ1v) is 8.19. The molecule has 0 aliphatic rings. The summed E-state index contributed by atoms with van der Waals surface area (Å²) < 4.78 is 31.2. The summed E-state index contributed by atoms with van der Waals surface area (Å²) in [6.07, 6.45) is 0.610. The third-order valence-corrected chi connectivity index (χ3v) is 4.46. The minimum Gasteiger partial charge on any atom is -0.496 e. The first kappa shape index (κ1) is 16.0. The quantitative estimate of drug-likeness (QED) is 0.838. The molecule has 1 rings (SSSR count). The van der Waals surface area contributed by atoms with Crippen molar-refractivity contribution in [2.45, 2.75) is 39.7 Å². The van der Waals surface area contributed by atoms with Crippen LogP contribution in [-0.2, 0) is 16.6 Å². The summed E-state index contributed by atoms with van der Waals surface area (Å²) >= 11 is 0. The third kappa shape index (κ3) is 4.84. The van der Waals surface area contributed by atoms with Crippen LogP contribution in [0.15, 0.2) is 18.2 Å². The number of hydrogen-bond acceptors (Lipinski definition) is 3. The van der Waals surface area contributed by atoms with E-state index in [1.54, 1.807) is 7.11 Å². The summed E-state index contributed by atoms with van der Waals surface area (Å²) in [5.74, 6) is 1.26. The summed E-state index contributed by atoms with van der Waals surface area (Å²) in [5, 5.41) is 0. The van der Waals surface area contributed by atoms with Crippen molar-refractivity contribution in [2.24, 2.45) is 0 Å². The highest BCUT2D eigenvalue weighted by atomic mass is 32.2. The fraction of sp³-hybridized carbons (Fsp3) is 0.571. The Kier molecular flexibility index (Phi) is 5.82. The Bertz CT molecular complexity index is 509. The Morgan fingerprint density at radius 2 is 2.00 bits per heavy atom. The van der Waals surface area contributed by atoms with Gasteiger partial charge in [-0.3, -0.25) is 0 Å². The highest BCUT2D eigenvalue weighted by Crippen LogP contribution is 2.24. The van der Waals surface area contributed by atoms with Gasteiger partial charge >= 0.3 is 0 Å². The summed E-state index contributed by atoms with van der Waals surface area (Å²) in [4.78, 5) is 0. The number of nitrogens with one attached hydrogen (secondary N) is 1. The number of rotatable bonds is 7. The lowest BCUT2D eigenvalue weighted by Crippen LogP contribution is -2.25. The van der Waals surface area contributed by atoms with Gasteiger partial charge in [-0.25, -0.2) is 13.1 Å². The molecule has 0 heterocycles. The summed E-state index contributed by atoms with van der Waals surface area (Å²) in [7, 11) is -1.60. The Labute approximate surface area is 116 Å². The first-order valence-electron chi connectivity index (χ1n) is 6.53. The SMILES string of the molecule is CCCS(=O)(=O)NCc1cc(C(C)C)ccc1OC. The molecule has 1 aromatic rings. The lowest BCUT2D eigenvalue weighted by atomic mass is 10.0. The average Bonchev–Trinajstić information content (AvgIpc) is 2.36. The molecule has 108 valence electrons. The third-order valence-electron chi connectivity index (χ3n) is 2.93. The molecule has 0 fully saturated rings. The standard InChI is InChI=1S/C14H23NO3S/c1-5-8-19(16,17)15-10-13-9-12(11(2)3)6-7-14(13)18-4/h6-7,9,11,15H,5,8,10H2,1-4H3. The van der Waals surface area contributed by atoms with Crippen LogP contribution in [-0.4, -0.2) is 21.3 Å². The molecule has 1 N–H and O–H groups in total. The van der Waals surface area contributed by atoms with E-state index in [0.717, 1.165) is 5.56 Å². The smallest absolute Gasteiger partial charge is 0.211 e. The second kappa shape index (κ2) is 6.91. The van der Waals surface area contributed by atoms with Gasteiger partial charge in [-0.2, -0.15) is 0 Å². The maximum Gasteiger partial charge on any atom is 0.211 e. The summed E-state index contributed by atoms with van der Waals surface area (Å²) in [5.41, 5.74) is 2.04. The van der Waals surface area contributed by atoms with Crippen LogP contribution in [0.5, 0.6) is 5.75 Å². The largest absolute Gasteiger partial charge is 0.496 e. The predicted octanol–water partition coefficient (Wildman–Crippen LogP) is 2.65. The van der Waals surface area contributed by atoms with Gasteiger partial charge in [0.25, 0.3) is 0 Å². The average molecular weight is 285 g/mol. The van der Waals surface area contributed by atoms with E-state index in [4.69, 9.17) is 4.74 Å². The van der Waals surface area contributed by atoms with E-state index in [9.17, 15) is 8.42 Å². The number of ether oxygens (including phenoxy) is 1. The van der Waals surface area contributed by atoms with E-state index < -0.39 is 10.0 Å². The van der Waals surface area contributed by atoms with E-state index >= 15 is 0 Å². The highest BCUT2D eigenvalue weighted by molar-refractivity contribution is 7.89. The molecule has 0 unspecified atom stereocenters. The van der Waals surface area contributed by atoms with Crippen LogP contribution in [0.3, 0.4) is 0 Å². The molecule has 0 saturated heterocycles. The molecule has 0 saturated carbocycles. The van der Waals surface area contributed by atoms with Crippen molar-refractivity contribution in [2.75, 3.05) is 12.9 Å². The minimum absolute atomic E-state index is 0.152. The van der Waals surface area contributed by atoms with Crippen molar-refractivity contribution in [3.8, 4) is 5.75 Å². The Morgan fingerprint density at radius 1 is 1.32 bits per heavy atom. The van der Waals surface area contributed by atoms with Crippen molar-refractivity contribution in [1.82, 2.24) is 4.72 Å². The number of methoxy groups -OCH3 is 1. The van der Waals surface area contributed by atoms with Gasteiger partial charge in [-0.1, -0.05) is 32.9 Å². The molecule has 0 bridgehead atoms. The second-order valence-corrected chi connectivity index (χ2v) is 6.79. The lowest BCUT2D eigenvalue weighted by molar-refractivity contribution is 0.409. The molecule has 19 heavy (non-hydrogen) atoms. The Hall–Kier alpha value is -1.07. The summed E-state index contributed by atoms with van der Waals surface area (Å²) in [6.45, 7) is 6.32. The molecule has 0 spiro atoms. The van der Waals surface area contributed by atoms with Crippen LogP contribution < -0.4 is 9.46 Å². The van der Waals surface area contributed by atoms with Crippen molar-refractivity contribution >= 4 is 10.0 Å². The monoisotopic (exact) mass is 285 g/mol. The van der Waals surface area contributed by atoms with Crippen LogP contribution in [0.2, 0.25) is 0 Å². The fourth-order valence-electron chi connectivity index (χ4n) is 1.82. The van der Waals surface area contributed by atoms with E-state index in [0.29, 0.717) is 18.1 Å². The van der Waals surface area contributed by atoms with Gasteiger partial charge in [0.05, 0.1) is 12.9 Å². The second-order valence-electron chi connectivity index (χ2n) is 4.87. The molecule has 0 aromatic heterocycles. The number of sulfonamides is 1. The van der Waals surface area contributed by atoms with Gasteiger partial charge in [0.2, 0.25) is 10.0 Å². The Balaban J connectivity index is 2.89. The molecule has 0 amide bonds. The minimum atomic E-state index is -3.19. The Morgan fingerprint density at radius 3 is 2.53 bits per heavy atom. The molecular formula is C14H23NO3S. The zero-order valence-corrected chi connectivity index (χ0v) is 12.9. The number of hydrogen-bond donors (Lipinski definition) is 1. The lowest BCUT2D eigenvalue weighted by Gasteiger charge is -2.13. The molecular weight excluding hydrogens is 262 g/mol. The maximum absolute atomic E-state index is 11.7. The predicted molar refractivity (Wildman–Crippen MR) is 78.0 cm³/mol. The molecule has 4 nitrogen and oxygen atoms in total. The molecule has 1 aromatic carbocycles. The van der Waals surface area contributed by atoms with Crippen LogP contribution >= 0.6 is 0 Å². The van der Waals surface area contributed by atoms with Gasteiger partial charge in [0.15, 0.2) is 0 Å². The van der Waals surface area contributed by atoms with Gasteiger partial charge in [-0.15, -0.1) is 0 Å². The van der Waals surface area contributed by atoms with E-state index in [-0.39, 0.29) is 12.3 Å². The van der Waals surface area contributed by atoms with E-state index in [2.05, 4.69) is 18.6 Å². The van der Waals surface area contributed by atoms with Crippen molar-refractivity contribution in [3.05, 3.63) is 29.3 Å². The van der Waals surface area contributed by atoms with E-state index in [1.165, 1.54) is 5.56 Å². The normalized spacial score (nSPS) is 11.8. The highest BCUT2D eigenvalue weighted by Gasteiger charge is 2.12. The summed E-state index contributed by atoms with van der Waals surface area (Å²) in [6, 6.07) is 5.89.